The summed E-state index contributed by atoms with van der Waals surface area (Å²) >= 11 is 0. The van der Waals surface area contributed by atoms with Gasteiger partial charge in [0.25, 0.3) is 0 Å². The Kier molecular flexibility index (Phi) is 3.44. The monoisotopic (exact) mass is 232 g/mol. The second-order valence-electron chi connectivity index (χ2n) is 4.50. The molecule has 0 amide bonds. The fourth-order valence-corrected chi connectivity index (χ4v) is 1.25. The summed E-state index contributed by atoms with van der Waals surface area (Å²) in [6, 6.07) is 0. The number of rotatable bonds is 3. The van der Waals surface area contributed by atoms with Gasteiger partial charge in [0.15, 0.2) is 11.9 Å². The number of carbonyl (C=O) groups is 1. The second-order valence-corrected chi connectivity index (χ2v) is 4.50. The van der Waals surface area contributed by atoms with Gasteiger partial charge in [-0.3, -0.25) is 0 Å². The minimum atomic E-state index is -1.31. The maximum Gasteiger partial charge on any atom is 0.378 e. The Balaban J connectivity index is 2.94. The smallest absolute Gasteiger partial charge is 0.378 e. The number of hydrogen-bond donors (Lipinski definition) is 3. The van der Waals surface area contributed by atoms with Crippen LogP contribution in [0.25, 0.3) is 0 Å². The molecule has 0 aromatic rings. The second kappa shape index (κ2) is 4.31. The zero-order valence-corrected chi connectivity index (χ0v) is 9.43. The van der Waals surface area contributed by atoms with Crippen molar-refractivity contribution < 1.29 is 29.6 Å². The molecule has 0 radical (unpaired) electrons. The molecule has 0 bridgehead atoms. The number of carbonyl (C=O) groups excluding carboxylic acids is 1. The van der Waals surface area contributed by atoms with Crippen LogP contribution in [0.3, 0.4) is 0 Å². The Morgan fingerprint density at radius 2 is 2.06 bits per heavy atom. The molecule has 6 nitrogen and oxygen atoms in total. The SMILES string of the molecule is CC(C)(C)OC1=C(O)C(=O)OC1C(O)CO. The van der Waals surface area contributed by atoms with Crippen LogP contribution in [0.1, 0.15) is 20.8 Å². The van der Waals surface area contributed by atoms with Gasteiger partial charge in [0, 0.05) is 0 Å². The van der Waals surface area contributed by atoms with E-state index in [2.05, 4.69) is 4.74 Å². The summed E-state index contributed by atoms with van der Waals surface area (Å²) in [6.07, 6.45) is -2.47. The minimum absolute atomic E-state index is 0.140. The highest BCUT2D eigenvalue weighted by Gasteiger charge is 2.42. The Bertz CT molecular complexity index is 314. The lowest BCUT2D eigenvalue weighted by atomic mass is 10.1. The highest BCUT2D eigenvalue weighted by atomic mass is 16.6. The summed E-state index contributed by atoms with van der Waals surface area (Å²) in [7, 11) is 0. The summed E-state index contributed by atoms with van der Waals surface area (Å²) in [5.41, 5.74) is -0.648. The van der Waals surface area contributed by atoms with Crippen molar-refractivity contribution in [1.29, 1.82) is 0 Å². The molecule has 0 saturated carbocycles. The summed E-state index contributed by atoms with van der Waals surface area (Å²) in [6.45, 7) is 4.57. The van der Waals surface area contributed by atoms with E-state index in [1.54, 1.807) is 20.8 Å². The van der Waals surface area contributed by atoms with Crippen molar-refractivity contribution in [2.75, 3.05) is 6.61 Å². The van der Waals surface area contributed by atoms with Crippen molar-refractivity contribution in [3.05, 3.63) is 11.5 Å². The molecule has 1 aliphatic heterocycles. The number of ether oxygens (including phenoxy) is 2. The third-order valence-corrected chi connectivity index (χ3v) is 1.87. The Morgan fingerprint density at radius 3 is 2.50 bits per heavy atom. The van der Waals surface area contributed by atoms with E-state index in [0.29, 0.717) is 0 Å². The number of aliphatic hydroxyl groups excluding tert-OH is 3. The summed E-state index contributed by atoms with van der Waals surface area (Å²) in [5, 5.41) is 27.6. The zero-order valence-electron chi connectivity index (χ0n) is 9.43. The highest BCUT2D eigenvalue weighted by Crippen LogP contribution is 2.28. The number of aliphatic hydroxyl groups is 3. The largest absolute Gasteiger partial charge is 0.499 e. The van der Waals surface area contributed by atoms with E-state index < -0.39 is 36.1 Å². The lowest BCUT2D eigenvalue weighted by molar-refractivity contribution is -0.148. The first-order chi connectivity index (χ1) is 7.26. The molecule has 2 atom stereocenters. The Labute approximate surface area is 93.1 Å². The third kappa shape index (κ3) is 2.65. The summed E-state index contributed by atoms with van der Waals surface area (Å²) < 4.78 is 10.0. The molecule has 16 heavy (non-hydrogen) atoms. The molecule has 2 unspecified atom stereocenters. The van der Waals surface area contributed by atoms with Gasteiger partial charge in [-0.25, -0.2) is 4.79 Å². The van der Waals surface area contributed by atoms with Gasteiger partial charge in [0.1, 0.15) is 11.7 Å². The van der Waals surface area contributed by atoms with Crippen LogP contribution in [0, 0.1) is 0 Å². The molecule has 3 N–H and O–H groups in total. The fraction of sp³-hybridized carbons (Fsp3) is 0.700. The average Bonchev–Trinajstić information content (AvgIpc) is 2.43. The number of esters is 1. The molecule has 0 spiro atoms. The molecule has 0 aromatic carbocycles. The van der Waals surface area contributed by atoms with Crippen LogP contribution in [-0.4, -0.2) is 45.7 Å². The first kappa shape index (κ1) is 12.8. The minimum Gasteiger partial charge on any atom is -0.499 e. The van der Waals surface area contributed by atoms with E-state index >= 15 is 0 Å². The van der Waals surface area contributed by atoms with Crippen LogP contribution in [0.15, 0.2) is 11.5 Å². The number of hydrogen-bond acceptors (Lipinski definition) is 6. The molecule has 0 saturated heterocycles. The van der Waals surface area contributed by atoms with E-state index in [1.807, 2.05) is 0 Å². The van der Waals surface area contributed by atoms with Crippen molar-refractivity contribution in [3.8, 4) is 0 Å². The number of cyclic esters (lactones) is 1. The van der Waals surface area contributed by atoms with Gasteiger partial charge >= 0.3 is 5.97 Å². The third-order valence-electron chi connectivity index (χ3n) is 1.87. The normalized spacial score (nSPS) is 23.3. The van der Waals surface area contributed by atoms with Crippen molar-refractivity contribution in [2.45, 2.75) is 38.6 Å². The predicted octanol–water partition coefficient (Wildman–Crippen LogP) is -0.150. The average molecular weight is 232 g/mol. The van der Waals surface area contributed by atoms with Crippen LogP contribution < -0.4 is 0 Å². The topological polar surface area (TPSA) is 96.2 Å². The molecule has 6 heteroatoms. The van der Waals surface area contributed by atoms with Crippen molar-refractivity contribution in [2.24, 2.45) is 0 Å². The highest BCUT2D eigenvalue weighted by molar-refractivity contribution is 5.89. The van der Waals surface area contributed by atoms with Crippen molar-refractivity contribution >= 4 is 5.97 Å². The molecule has 1 rings (SSSR count). The van der Waals surface area contributed by atoms with Gasteiger partial charge in [0.2, 0.25) is 5.76 Å². The van der Waals surface area contributed by atoms with Gasteiger partial charge in [-0.15, -0.1) is 0 Å². The molecule has 0 fully saturated rings. The molecule has 0 aromatic heterocycles. The van der Waals surface area contributed by atoms with Gasteiger partial charge in [0.05, 0.1) is 6.61 Å². The molecule has 92 valence electrons. The molecular weight excluding hydrogens is 216 g/mol. The molecule has 1 heterocycles. The van der Waals surface area contributed by atoms with Gasteiger partial charge < -0.3 is 24.8 Å². The maximum atomic E-state index is 11.1. The van der Waals surface area contributed by atoms with Crippen LogP contribution in [0.2, 0.25) is 0 Å². The van der Waals surface area contributed by atoms with E-state index in [9.17, 15) is 15.0 Å². The van der Waals surface area contributed by atoms with E-state index in [-0.39, 0.29) is 5.76 Å². The Morgan fingerprint density at radius 1 is 1.50 bits per heavy atom. The lowest BCUT2D eigenvalue weighted by Gasteiger charge is -2.25. The fourth-order valence-electron chi connectivity index (χ4n) is 1.25. The van der Waals surface area contributed by atoms with Crippen LogP contribution >= 0.6 is 0 Å². The first-order valence-corrected chi connectivity index (χ1v) is 4.88. The first-order valence-electron chi connectivity index (χ1n) is 4.88. The Hall–Kier alpha value is -1.27. The van der Waals surface area contributed by atoms with Gasteiger partial charge in [-0.05, 0) is 20.8 Å². The quantitative estimate of drug-likeness (QED) is 0.585. The summed E-state index contributed by atoms with van der Waals surface area (Å²) in [4.78, 5) is 11.1. The van der Waals surface area contributed by atoms with Crippen LogP contribution in [0.4, 0.5) is 0 Å². The molecule has 0 aliphatic carbocycles. The van der Waals surface area contributed by atoms with E-state index in [1.165, 1.54) is 0 Å². The summed E-state index contributed by atoms with van der Waals surface area (Å²) in [5.74, 6) is -1.76. The van der Waals surface area contributed by atoms with Gasteiger partial charge in [-0.2, -0.15) is 0 Å². The van der Waals surface area contributed by atoms with Gasteiger partial charge in [-0.1, -0.05) is 0 Å². The van der Waals surface area contributed by atoms with Crippen LogP contribution in [0.5, 0.6) is 0 Å². The maximum absolute atomic E-state index is 11.1. The van der Waals surface area contributed by atoms with Crippen LogP contribution in [-0.2, 0) is 14.3 Å². The zero-order chi connectivity index (χ0) is 12.5. The standard InChI is InChI=1S/C10H16O6/c1-10(2,3)16-8-6(13)9(14)15-7(8)5(12)4-11/h5,7,11-13H,4H2,1-3H3. The molecule has 1 aliphatic rings. The molecular formula is C10H16O6. The predicted molar refractivity (Wildman–Crippen MR) is 53.5 cm³/mol. The van der Waals surface area contributed by atoms with Crippen molar-refractivity contribution in [1.82, 2.24) is 0 Å². The van der Waals surface area contributed by atoms with E-state index in [4.69, 9.17) is 9.84 Å². The van der Waals surface area contributed by atoms with Crippen molar-refractivity contribution in [3.63, 3.8) is 0 Å². The van der Waals surface area contributed by atoms with E-state index in [0.717, 1.165) is 0 Å². The lowest BCUT2D eigenvalue weighted by Crippen LogP contribution is -2.34.